The lowest BCUT2D eigenvalue weighted by atomic mass is 9.84. The van der Waals surface area contributed by atoms with Gasteiger partial charge >= 0.3 is 0 Å². The number of nitrogens with one attached hydrogen (secondary N) is 1. The average molecular weight is 309 g/mol. The third-order valence-corrected chi connectivity index (χ3v) is 4.87. The second-order valence-corrected chi connectivity index (χ2v) is 6.82. The van der Waals surface area contributed by atoms with E-state index in [1.54, 1.807) is 24.3 Å². The fourth-order valence-electron chi connectivity index (χ4n) is 2.40. The van der Waals surface area contributed by atoms with Crippen molar-refractivity contribution >= 4 is 10.0 Å². The summed E-state index contributed by atoms with van der Waals surface area (Å²) in [6, 6.07) is 8.02. The Hall–Kier alpha value is -1.46. The van der Waals surface area contributed by atoms with Gasteiger partial charge in [0.2, 0.25) is 10.0 Å². The molecule has 21 heavy (non-hydrogen) atoms. The molecule has 1 aromatic rings. The van der Waals surface area contributed by atoms with Crippen molar-refractivity contribution in [2.45, 2.75) is 37.3 Å². The molecule has 1 aliphatic rings. The van der Waals surface area contributed by atoms with Crippen molar-refractivity contribution < 1.29 is 13.2 Å². The van der Waals surface area contributed by atoms with Gasteiger partial charge in [0, 0.05) is 12.6 Å². The minimum atomic E-state index is -3.57. The monoisotopic (exact) mass is 309 g/mol. The highest BCUT2D eigenvalue weighted by Gasteiger charge is 2.41. The van der Waals surface area contributed by atoms with Gasteiger partial charge in [-0.3, -0.25) is 0 Å². The number of ether oxygens (including phenoxy) is 1. The number of nitrogens with zero attached hydrogens (tertiary/aromatic N) is 1. The van der Waals surface area contributed by atoms with Crippen LogP contribution in [0.15, 0.2) is 24.3 Å². The second kappa shape index (κ2) is 6.54. The zero-order valence-electron chi connectivity index (χ0n) is 11.8. The Balaban J connectivity index is 2.07. The topological polar surface area (TPSA) is 105 Å². The standard InChI is InChI=1S/C14H19N3O3S/c1-2-20-13-7-12(16)14(13)17-21(18,19)9-11-6-4-3-5-10(11)8-15/h3-6,12-14,17H,2,7,9,16H2,1H3. The van der Waals surface area contributed by atoms with Crippen LogP contribution in [-0.4, -0.2) is 33.2 Å². The molecule has 3 N–H and O–H groups in total. The first-order valence-corrected chi connectivity index (χ1v) is 8.47. The molecule has 7 heteroatoms. The Labute approximate surface area is 125 Å². The van der Waals surface area contributed by atoms with Crippen molar-refractivity contribution in [2.75, 3.05) is 6.61 Å². The van der Waals surface area contributed by atoms with Crippen molar-refractivity contribution in [2.24, 2.45) is 5.73 Å². The van der Waals surface area contributed by atoms with Crippen molar-refractivity contribution in [3.05, 3.63) is 35.4 Å². The third-order valence-electron chi connectivity index (χ3n) is 3.55. The molecule has 0 aliphatic heterocycles. The molecule has 0 bridgehead atoms. The summed E-state index contributed by atoms with van der Waals surface area (Å²) in [5.74, 6) is -0.237. The first kappa shape index (κ1) is 15.9. The summed E-state index contributed by atoms with van der Waals surface area (Å²) in [6.07, 6.45) is 0.474. The lowest BCUT2D eigenvalue weighted by Gasteiger charge is -2.42. The maximum Gasteiger partial charge on any atom is 0.216 e. The van der Waals surface area contributed by atoms with E-state index in [-0.39, 0.29) is 17.9 Å². The van der Waals surface area contributed by atoms with Crippen LogP contribution in [0.5, 0.6) is 0 Å². The SMILES string of the molecule is CCOC1CC(N)C1NS(=O)(=O)Cc1ccccc1C#N. The normalized spacial score (nSPS) is 25.1. The summed E-state index contributed by atoms with van der Waals surface area (Å²) in [6.45, 7) is 2.38. The Kier molecular flexibility index (Phi) is 4.96. The molecule has 1 aliphatic carbocycles. The number of sulfonamides is 1. The van der Waals surface area contributed by atoms with Crippen molar-refractivity contribution in [3.63, 3.8) is 0 Å². The number of nitriles is 1. The highest BCUT2D eigenvalue weighted by molar-refractivity contribution is 7.88. The molecule has 114 valence electrons. The van der Waals surface area contributed by atoms with Crippen LogP contribution in [0, 0.1) is 11.3 Å². The molecule has 1 fully saturated rings. The van der Waals surface area contributed by atoms with Crippen LogP contribution >= 0.6 is 0 Å². The first-order chi connectivity index (χ1) is 9.96. The summed E-state index contributed by atoms with van der Waals surface area (Å²) in [5.41, 5.74) is 6.68. The van der Waals surface area contributed by atoms with Crippen LogP contribution < -0.4 is 10.5 Å². The number of nitrogens with two attached hydrogens (primary N) is 1. The van der Waals surface area contributed by atoms with Gasteiger partial charge in [-0.05, 0) is 25.0 Å². The Morgan fingerprint density at radius 1 is 1.48 bits per heavy atom. The van der Waals surface area contributed by atoms with E-state index < -0.39 is 16.1 Å². The fraction of sp³-hybridized carbons (Fsp3) is 0.500. The van der Waals surface area contributed by atoms with Gasteiger partial charge < -0.3 is 10.5 Å². The predicted octanol–water partition coefficient (Wildman–Crippen LogP) is 0.482. The number of hydrogen-bond acceptors (Lipinski definition) is 5. The molecule has 0 aromatic heterocycles. The van der Waals surface area contributed by atoms with E-state index in [0.717, 1.165) is 0 Å². The van der Waals surface area contributed by atoms with E-state index >= 15 is 0 Å². The maximum absolute atomic E-state index is 12.2. The molecule has 3 atom stereocenters. The minimum absolute atomic E-state index is 0.175. The van der Waals surface area contributed by atoms with E-state index in [2.05, 4.69) is 4.72 Å². The largest absolute Gasteiger partial charge is 0.377 e. The molecule has 2 rings (SSSR count). The van der Waals surface area contributed by atoms with E-state index in [9.17, 15) is 8.42 Å². The highest BCUT2D eigenvalue weighted by Crippen LogP contribution is 2.24. The van der Waals surface area contributed by atoms with Gasteiger partial charge in [0.1, 0.15) is 0 Å². The van der Waals surface area contributed by atoms with Crippen molar-refractivity contribution in [1.82, 2.24) is 4.72 Å². The summed E-state index contributed by atoms with van der Waals surface area (Å²) in [7, 11) is -3.57. The smallest absolute Gasteiger partial charge is 0.216 e. The van der Waals surface area contributed by atoms with E-state index in [4.69, 9.17) is 15.7 Å². The van der Waals surface area contributed by atoms with Gasteiger partial charge in [-0.15, -0.1) is 0 Å². The summed E-state index contributed by atoms with van der Waals surface area (Å²) >= 11 is 0. The molecule has 0 spiro atoms. The molecule has 1 saturated carbocycles. The zero-order chi connectivity index (χ0) is 15.5. The lowest BCUT2D eigenvalue weighted by molar-refractivity contribution is -0.0248. The van der Waals surface area contributed by atoms with Crippen LogP contribution in [-0.2, 0) is 20.5 Å². The molecular formula is C14H19N3O3S. The van der Waals surface area contributed by atoms with Crippen LogP contribution in [0.25, 0.3) is 0 Å². The fourth-order valence-corrected chi connectivity index (χ4v) is 3.89. The van der Waals surface area contributed by atoms with Gasteiger partial charge in [0.05, 0.1) is 29.5 Å². The minimum Gasteiger partial charge on any atom is -0.377 e. The molecule has 3 unspecified atom stereocenters. The maximum atomic E-state index is 12.2. The number of benzene rings is 1. The molecule has 1 aromatic carbocycles. The Morgan fingerprint density at radius 2 is 2.19 bits per heavy atom. The van der Waals surface area contributed by atoms with Crippen molar-refractivity contribution in [1.29, 1.82) is 5.26 Å². The highest BCUT2D eigenvalue weighted by atomic mass is 32.2. The average Bonchev–Trinajstić information content (AvgIpc) is 2.45. The van der Waals surface area contributed by atoms with Crippen molar-refractivity contribution in [3.8, 4) is 6.07 Å². The first-order valence-electron chi connectivity index (χ1n) is 6.82. The van der Waals surface area contributed by atoms with E-state index in [1.165, 1.54) is 0 Å². The number of hydrogen-bond donors (Lipinski definition) is 2. The third kappa shape index (κ3) is 3.80. The molecule has 0 amide bonds. The molecule has 0 heterocycles. The zero-order valence-corrected chi connectivity index (χ0v) is 12.6. The Bertz CT molecular complexity index is 637. The van der Waals surface area contributed by atoms with Crippen LogP contribution in [0.2, 0.25) is 0 Å². The van der Waals surface area contributed by atoms with E-state index in [0.29, 0.717) is 24.2 Å². The molecule has 0 saturated heterocycles. The van der Waals surface area contributed by atoms with Gasteiger partial charge in [-0.25, -0.2) is 13.1 Å². The second-order valence-electron chi connectivity index (χ2n) is 5.07. The van der Waals surface area contributed by atoms with E-state index in [1.807, 2.05) is 13.0 Å². The van der Waals surface area contributed by atoms with Gasteiger partial charge in [-0.2, -0.15) is 5.26 Å². The molecule has 0 radical (unpaired) electrons. The van der Waals surface area contributed by atoms with Crippen LogP contribution in [0.1, 0.15) is 24.5 Å². The predicted molar refractivity (Wildman–Crippen MR) is 78.7 cm³/mol. The summed E-state index contributed by atoms with van der Waals surface area (Å²) in [5, 5.41) is 9.00. The Morgan fingerprint density at radius 3 is 2.81 bits per heavy atom. The summed E-state index contributed by atoms with van der Waals surface area (Å²) < 4.78 is 32.5. The number of rotatable bonds is 6. The summed E-state index contributed by atoms with van der Waals surface area (Å²) in [4.78, 5) is 0. The van der Waals surface area contributed by atoms with Crippen LogP contribution in [0.4, 0.5) is 0 Å². The lowest BCUT2D eigenvalue weighted by Crippen LogP contribution is -2.64. The molecule has 6 nitrogen and oxygen atoms in total. The van der Waals surface area contributed by atoms with Crippen LogP contribution in [0.3, 0.4) is 0 Å². The van der Waals surface area contributed by atoms with Gasteiger partial charge in [0.25, 0.3) is 0 Å². The quantitative estimate of drug-likeness (QED) is 0.795. The molecular weight excluding hydrogens is 290 g/mol. The van der Waals surface area contributed by atoms with Gasteiger partial charge in [0.15, 0.2) is 0 Å². The van der Waals surface area contributed by atoms with Gasteiger partial charge in [-0.1, -0.05) is 18.2 Å².